The zero-order valence-corrected chi connectivity index (χ0v) is 9.23. The van der Waals surface area contributed by atoms with Crippen LogP contribution in [0.15, 0.2) is 15.7 Å². The zero-order chi connectivity index (χ0) is 13.3. The number of carbonyl (C=O) groups is 2. The molecule has 0 aromatic carbocycles. The number of rotatable bonds is 4. The molecule has 8 heteroatoms. The molecule has 4 N–H and O–H groups in total. The van der Waals surface area contributed by atoms with Crippen molar-refractivity contribution in [2.24, 2.45) is 5.92 Å². The number of carboxylic acid groups (broad SMARTS) is 1. The van der Waals surface area contributed by atoms with Crippen LogP contribution in [0.4, 0.5) is 0 Å². The predicted molar refractivity (Wildman–Crippen MR) is 59.3 cm³/mol. The van der Waals surface area contributed by atoms with Gasteiger partial charge in [0.25, 0.3) is 11.5 Å². The molecule has 0 bridgehead atoms. The molecule has 0 aliphatic heterocycles. The lowest BCUT2D eigenvalue weighted by atomic mass is 10.2. The van der Waals surface area contributed by atoms with E-state index in [-0.39, 0.29) is 11.6 Å². The van der Waals surface area contributed by atoms with Gasteiger partial charge in [0.1, 0.15) is 11.7 Å². The molecule has 96 valence electrons. The molecule has 0 radical (unpaired) electrons. The summed E-state index contributed by atoms with van der Waals surface area (Å²) in [5.41, 5.74) is -1.79. The number of carbonyl (C=O) groups excluding carboxylic acids is 1. The first-order valence-corrected chi connectivity index (χ1v) is 5.34. The molecule has 2 rings (SSSR count). The predicted octanol–water partition coefficient (Wildman–Crippen LogP) is -1.34. The number of nitrogens with one attached hydrogen (secondary N) is 3. The molecule has 18 heavy (non-hydrogen) atoms. The maximum atomic E-state index is 11.7. The highest BCUT2D eigenvalue weighted by molar-refractivity contribution is 5.94. The monoisotopic (exact) mass is 253 g/mol. The summed E-state index contributed by atoms with van der Waals surface area (Å²) in [5, 5.41) is 11.2. The van der Waals surface area contributed by atoms with Crippen LogP contribution in [-0.4, -0.2) is 33.0 Å². The van der Waals surface area contributed by atoms with Crippen LogP contribution in [0.5, 0.6) is 0 Å². The molecule has 0 spiro atoms. The molecule has 1 aromatic rings. The Kier molecular flexibility index (Phi) is 3.00. The topological polar surface area (TPSA) is 132 Å². The van der Waals surface area contributed by atoms with E-state index in [9.17, 15) is 19.2 Å². The van der Waals surface area contributed by atoms with Gasteiger partial charge in [0.2, 0.25) is 0 Å². The number of amides is 1. The number of aliphatic carboxylic acids is 1. The average molecular weight is 253 g/mol. The van der Waals surface area contributed by atoms with E-state index in [1.807, 2.05) is 4.98 Å². The molecule has 1 atom stereocenters. The standard InChI is InChI=1S/C10H11N3O5/c14-6-3-5(11-10(18)12-6)8(15)13-7(9(16)17)4-1-2-4/h3-4,7H,1-2H2,(H,13,15)(H,16,17)(H2,11,12,14,18). The zero-order valence-electron chi connectivity index (χ0n) is 9.23. The summed E-state index contributed by atoms with van der Waals surface area (Å²) in [6, 6.07) is -0.0805. The SMILES string of the molecule is O=C(NC(C(=O)O)C1CC1)c1cc(=O)[nH]c(=O)[nH]1. The summed E-state index contributed by atoms with van der Waals surface area (Å²) in [5.74, 6) is -1.99. The Labute approximate surface area is 100 Å². The van der Waals surface area contributed by atoms with E-state index in [0.717, 1.165) is 18.9 Å². The first-order valence-electron chi connectivity index (χ1n) is 5.34. The molecular weight excluding hydrogens is 242 g/mol. The normalized spacial score (nSPS) is 16.0. The molecule has 1 aliphatic carbocycles. The molecule has 1 aromatic heterocycles. The minimum Gasteiger partial charge on any atom is -0.480 e. The lowest BCUT2D eigenvalue weighted by molar-refractivity contribution is -0.139. The van der Waals surface area contributed by atoms with Crippen LogP contribution in [0.1, 0.15) is 23.3 Å². The first kappa shape index (κ1) is 12.1. The third-order valence-corrected chi connectivity index (χ3v) is 2.65. The summed E-state index contributed by atoms with van der Waals surface area (Å²) in [7, 11) is 0. The third-order valence-electron chi connectivity index (χ3n) is 2.65. The van der Waals surface area contributed by atoms with Gasteiger partial charge in [-0.15, -0.1) is 0 Å². The van der Waals surface area contributed by atoms with Gasteiger partial charge in [0.15, 0.2) is 0 Å². The van der Waals surface area contributed by atoms with E-state index in [1.165, 1.54) is 0 Å². The summed E-state index contributed by atoms with van der Waals surface area (Å²) >= 11 is 0. The summed E-state index contributed by atoms with van der Waals surface area (Å²) in [4.78, 5) is 48.7. The van der Waals surface area contributed by atoms with Crippen molar-refractivity contribution < 1.29 is 14.7 Å². The van der Waals surface area contributed by atoms with Crippen LogP contribution in [0.25, 0.3) is 0 Å². The van der Waals surface area contributed by atoms with Gasteiger partial charge in [-0.1, -0.05) is 0 Å². The smallest absolute Gasteiger partial charge is 0.326 e. The van der Waals surface area contributed by atoms with Crippen molar-refractivity contribution >= 4 is 11.9 Å². The average Bonchev–Trinajstić information content (AvgIpc) is 3.07. The Balaban J connectivity index is 2.18. The van der Waals surface area contributed by atoms with Gasteiger partial charge in [0.05, 0.1) is 0 Å². The summed E-state index contributed by atoms with van der Waals surface area (Å²) in [6.45, 7) is 0. The second kappa shape index (κ2) is 4.47. The van der Waals surface area contributed by atoms with Gasteiger partial charge < -0.3 is 15.4 Å². The van der Waals surface area contributed by atoms with Crippen molar-refractivity contribution in [3.63, 3.8) is 0 Å². The molecule has 1 saturated carbocycles. The number of H-pyrrole nitrogens is 2. The Hall–Kier alpha value is -2.38. The van der Waals surface area contributed by atoms with Gasteiger partial charge in [-0.2, -0.15) is 0 Å². The number of hydrogen-bond acceptors (Lipinski definition) is 4. The highest BCUT2D eigenvalue weighted by Crippen LogP contribution is 2.32. The number of hydrogen-bond donors (Lipinski definition) is 4. The first-order chi connectivity index (χ1) is 8.47. The molecule has 8 nitrogen and oxygen atoms in total. The lowest BCUT2D eigenvalue weighted by Crippen LogP contribution is -2.43. The van der Waals surface area contributed by atoms with Crippen LogP contribution < -0.4 is 16.6 Å². The Morgan fingerprint density at radius 1 is 1.33 bits per heavy atom. The van der Waals surface area contributed by atoms with Crippen molar-refractivity contribution in [1.82, 2.24) is 15.3 Å². The van der Waals surface area contributed by atoms with Gasteiger partial charge in [0, 0.05) is 6.07 Å². The van der Waals surface area contributed by atoms with E-state index >= 15 is 0 Å². The largest absolute Gasteiger partial charge is 0.480 e. The van der Waals surface area contributed by atoms with E-state index in [0.29, 0.717) is 0 Å². The molecular formula is C10H11N3O5. The van der Waals surface area contributed by atoms with Gasteiger partial charge >= 0.3 is 11.7 Å². The van der Waals surface area contributed by atoms with Crippen LogP contribution in [0.2, 0.25) is 0 Å². The van der Waals surface area contributed by atoms with E-state index in [4.69, 9.17) is 5.11 Å². The minimum atomic E-state index is -1.13. The van der Waals surface area contributed by atoms with Crippen LogP contribution >= 0.6 is 0 Å². The van der Waals surface area contributed by atoms with Crippen molar-refractivity contribution in [1.29, 1.82) is 0 Å². The van der Waals surface area contributed by atoms with Crippen molar-refractivity contribution in [2.75, 3.05) is 0 Å². The second-order valence-corrected chi connectivity index (χ2v) is 4.13. The van der Waals surface area contributed by atoms with Gasteiger partial charge in [-0.05, 0) is 18.8 Å². The van der Waals surface area contributed by atoms with Crippen molar-refractivity contribution in [3.8, 4) is 0 Å². The Morgan fingerprint density at radius 3 is 2.50 bits per heavy atom. The highest BCUT2D eigenvalue weighted by Gasteiger charge is 2.37. The number of carboxylic acids is 1. The van der Waals surface area contributed by atoms with E-state index < -0.39 is 29.2 Å². The molecule has 0 saturated heterocycles. The molecule has 1 aliphatic rings. The number of aromatic amines is 2. The van der Waals surface area contributed by atoms with Crippen molar-refractivity contribution in [2.45, 2.75) is 18.9 Å². The highest BCUT2D eigenvalue weighted by atomic mass is 16.4. The molecule has 1 unspecified atom stereocenters. The van der Waals surface area contributed by atoms with Gasteiger partial charge in [-0.3, -0.25) is 14.6 Å². The minimum absolute atomic E-state index is 0.0832. The second-order valence-electron chi connectivity index (χ2n) is 4.13. The van der Waals surface area contributed by atoms with Crippen LogP contribution in [0, 0.1) is 5.92 Å². The molecule has 1 amide bonds. The van der Waals surface area contributed by atoms with Crippen LogP contribution in [-0.2, 0) is 4.79 Å². The third kappa shape index (κ3) is 2.65. The maximum absolute atomic E-state index is 11.7. The Morgan fingerprint density at radius 2 is 2.00 bits per heavy atom. The molecule has 1 heterocycles. The Bertz CT molecular complexity index is 570. The fourth-order valence-corrected chi connectivity index (χ4v) is 1.62. The van der Waals surface area contributed by atoms with E-state index in [1.54, 1.807) is 0 Å². The van der Waals surface area contributed by atoms with Crippen molar-refractivity contribution in [3.05, 3.63) is 32.6 Å². The quantitative estimate of drug-likeness (QED) is 0.527. The summed E-state index contributed by atoms with van der Waals surface area (Å²) in [6.07, 6.45) is 1.48. The van der Waals surface area contributed by atoms with E-state index in [2.05, 4.69) is 10.3 Å². The fourth-order valence-electron chi connectivity index (χ4n) is 1.62. The molecule has 1 fully saturated rings. The summed E-state index contributed by atoms with van der Waals surface area (Å²) < 4.78 is 0. The van der Waals surface area contributed by atoms with Crippen LogP contribution in [0.3, 0.4) is 0 Å². The fraction of sp³-hybridized carbons (Fsp3) is 0.400. The number of aromatic nitrogens is 2. The van der Waals surface area contributed by atoms with Gasteiger partial charge in [-0.25, -0.2) is 9.59 Å². The lowest BCUT2D eigenvalue weighted by Gasteiger charge is -2.12. The maximum Gasteiger partial charge on any atom is 0.326 e.